The molecule has 3 rings (SSSR count). The smallest absolute Gasteiger partial charge is 0.436 e. The van der Waals surface area contributed by atoms with E-state index in [1.165, 1.54) is 62.6 Å². The number of unbranched alkanes of at least 4 members (excludes halogenated alkanes) is 6. The van der Waals surface area contributed by atoms with Crippen molar-refractivity contribution in [2.24, 2.45) is 0 Å². The van der Waals surface area contributed by atoms with Crippen LogP contribution in [0.25, 0.3) is 11.1 Å². The second kappa shape index (κ2) is 17.2. The van der Waals surface area contributed by atoms with Crippen LogP contribution < -0.4 is 4.74 Å². The third-order valence-corrected chi connectivity index (χ3v) is 6.96. The summed E-state index contributed by atoms with van der Waals surface area (Å²) in [5.41, 5.74) is 3.31. The zero-order valence-corrected chi connectivity index (χ0v) is 25.2. The number of rotatable bonds is 16. The van der Waals surface area contributed by atoms with Crippen molar-refractivity contribution in [3.63, 3.8) is 0 Å². The lowest BCUT2D eigenvalue weighted by Crippen LogP contribution is -2.42. The van der Waals surface area contributed by atoms with Gasteiger partial charge in [-0.3, -0.25) is 0 Å². The van der Waals surface area contributed by atoms with Crippen LogP contribution in [0.2, 0.25) is 0 Å². The fourth-order valence-electron chi connectivity index (χ4n) is 4.48. The maximum absolute atomic E-state index is 13.2. The van der Waals surface area contributed by atoms with Gasteiger partial charge in [-0.1, -0.05) is 88.8 Å². The van der Waals surface area contributed by atoms with Gasteiger partial charge in [-0.2, -0.15) is 13.2 Å². The lowest BCUT2D eigenvalue weighted by atomic mass is 10.00. The molecule has 3 aromatic carbocycles. The maximum atomic E-state index is 13.2. The minimum absolute atomic E-state index is 0.0712. The molecule has 6 nitrogen and oxygen atoms in total. The first kappa shape index (κ1) is 34.4. The van der Waals surface area contributed by atoms with Crippen molar-refractivity contribution in [3.8, 4) is 16.9 Å². The van der Waals surface area contributed by atoms with E-state index in [2.05, 4.69) is 40.7 Å². The SMILES string of the molecule is CCCCCCCCCc1ccc(-c2ccc(C(=O)Oc3ccc(C(=O)OC(C(=O)OCCC)C(F)(F)F)cc3)cc2)cc1. The Bertz CT molecular complexity index is 1330. The van der Waals surface area contributed by atoms with Crippen molar-refractivity contribution in [2.75, 3.05) is 6.61 Å². The number of benzene rings is 3. The number of alkyl halides is 3. The zero-order chi connectivity index (χ0) is 32.0. The molecule has 0 N–H and O–H groups in total. The molecule has 0 amide bonds. The van der Waals surface area contributed by atoms with Crippen LogP contribution in [-0.4, -0.2) is 36.8 Å². The average molecular weight is 613 g/mol. The Kier molecular flexibility index (Phi) is 13.5. The summed E-state index contributed by atoms with van der Waals surface area (Å²) in [6.45, 7) is 3.60. The van der Waals surface area contributed by atoms with Crippen molar-refractivity contribution >= 4 is 17.9 Å². The van der Waals surface area contributed by atoms with E-state index in [9.17, 15) is 27.6 Å². The van der Waals surface area contributed by atoms with Crippen LogP contribution in [0.1, 0.15) is 91.5 Å². The van der Waals surface area contributed by atoms with Gasteiger partial charge in [0.15, 0.2) is 0 Å². The second-order valence-corrected chi connectivity index (χ2v) is 10.6. The maximum Gasteiger partial charge on any atom is 0.436 e. The van der Waals surface area contributed by atoms with E-state index in [4.69, 9.17) is 4.74 Å². The highest BCUT2D eigenvalue weighted by atomic mass is 19.4. The molecule has 44 heavy (non-hydrogen) atoms. The minimum Gasteiger partial charge on any atom is -0.463 e. The second-order valence-electron chi connectivity index (χ2n) is 10.6. The normalized spacial score (nSPS) is 11.9. The summed E-state index contributed by atoms with van der Waals surface area (Å²) in [6.07, 6.45) is 2.12. The van der Waals surface area contributed by atoms with Crippen molar-refractivity contribution in [2.45, 2.75) is 83.9 Å². The van der Waals surface area contributed by atoms with Crippen molar-refractivity contribution in [3.05, 3.63) is 89.5 Å². The highest BCUT2D eigenvalue weighted by Crippen LogP contribution is 2.26. The van der Waals surface area contributed by atoms with Gasteiger partial charge in [-0.25, -0.2) is 14.4 Å². The topological polar surface area (TPSA) is 78.9 Å². The monoisotopic (exact) mass is 612 g/mol. The Hall–Kier alpha value is -4.14. The quantitative estimate of drug-likeness (QED) is 0.0913. The molecule has 9 heteroatoms. The fourth-order valence-corrected chi connectivity index (χ4v) is 4.48. The molecule has 0 fully saturated rings. The Labute approximate surface area is 256 Å². The van der Waals surface area contributed by atoms with Gasteiger partial charge >= 0.3 is 24.1 Å². The number of hydrogen-bond donors (Lipinski definition) is 0. The van der Waals surface area contributed by atoms with Gasteiger partial charge in [0.05, 0.1) is 17.7 Å². The summed E-state index contributed by atoms with van der Waals surface area (Å²) in [4.78, 5) is 36.7. The molecule has 0 aliphatic rings. The van der Waals surface area contributed by atoms with E-state index in [1.807, 2.05) is 12.1 Å². The van der Waals surface area contributed by atoms with Gasteiger partial charge < -0.3 is 14.2 Å². The Morgan fingerprint density at radius 2 is 1.18 bits per heavy atom. The van der Waals surface area contributed by atoms with Crippen LogP contribution in [-0.2, 0) is 20.7 Å². The van der Waals surface area contributed by atoms with Gasteiger partial charge in [0.1, 0.15) is 5.75 Å². The van der Waals surface area contributed by atoms with E-state index in [-0.39, 0.29) is 17.9 Å². The van der Waals surface area contributed by atoms with Crippen LogP contribution in [0, 0.1) is 0 Å². The van der Waals surface area contributed by atoms with E-state index < -0.39 is 30.2 Å². The van der Waals surface area contributed by atoms with Gasteiger partial charge in [0.2, 0.25) is 0 Å². The van der Waals surface area contributed by atoms with Crippen molar-refractivity contribution in [1.29, 1.82) is 0 Å². The molecule has 0 spiro atoms. The average Bonchev–Trinajstić information content (AvgIpc) is 3.02. The first-order chi connectivity index (χ1) is 21.1. The standard InChI is InChI=1S/C35H39F3O6/c1-3-5-6-7-8-9-10-11-25-12-14-26(15-13-25)27-16-18-28(19-17-27)32(39)43-30-22-20-29(21-23-30)33(40)44-31(35(36,37)38)34(41)42-24-4-2/h12-23,31H,3-11,24H2,1-2H3. The highest BCUT2D eigenvalue weighted by Gasteiger charge is 2.49. The first-order valence-corrected chi connectivity index (χ1v) is 15.1. The summed E-state index contributed by atoms with van der Waals surface area (Å²) in [6, 6.07) is 20.1. The largest absolute Gasteiger partial charge is 0.463 e. The number of hydrogen-bond acceptors (Lipinski definition) is 6. The lowest BCUT2D eigenvalue weighted by molar-refractivity contribution is -0.218. The first-order valence-electron chi connectivity index (χ1n) is 15.1. The Morgan fingerprint density at radius 3 is 1.75 bits per heavy atom. The van der Waals surface area contributed by atoms with Crippen LogP contribution in [0.5, 0.6) is 5.75 Å². The molecule has 0 radical (unpaired) electrons. The van der Waals surface area contributed by atoms with Gasteiger partial charge in [0.25, 0.3) is 6.10 Å². The molecular formula is C35H39F3O6. The zero-order valence-electron chi connectivity index (χ0n) is 25.2. The van der Waals surface area contributed by atoms with Crippen LogP contribution in [0.3, 0.4) is 0 Å². The van der Waals surface area contributed by atoms with Gasteiger partial charge in [-0.15, -0.1) is 0 Å². The molecule has 236 valence electrons. The molecule has 0 aromatic heterocycles. The lowest BCUT2D eigenvalue weighted by Gasteiger charge is -2.19. The third-order valence-electron chi connectivity index (χ3n) is 6.96. The molecule has 0 saturated carbocycles. The molecular weight excluding hydrogens is 573 g/mol. The summed E-state index contributed by atoms with van der Waals surface area (Å²) in [5.74, 6) is -3.64. The van der Waals surface area contributed by atoms with E-state index in [0.717, 1.165) is 29.7 Å². The molecule has 0 heterocycles. The molecule has 1 unspecified atom stereocenters. The van der Waals surface area contributed by atoms with Crippen LogP contribution in [0.15, 0.2) is 72.8 Å². The molecule has 3 aromatic rings. The molecule has 0 aliphatic heterocycles. The predicted molar refractivity (Wildman–Crippen MR) is 161 cm³/mol. The summed E-state index contributed by atoms with van der Waals surface area (Å²) >= 11 is 0. The Morgan fingerprint density at radius 1 is 0.659 bits per heavy atom. The predicted octanol–water partition coefficient (Wildman–Crippen LogP) is 8.91. The third kappa shape index (κ3) is 10.8. The molecule has 0 saturated heterocycles. The van der Waals surface area contributed by atoms with E-state index >= 15 is 0 Å². The number of halogens is 3. The fraction of sp³-hybridized carbons (Fsp3) is 0.400. The number of aryl methyl sites for hydroxylation is 1. The molecule has 1 atom stereocenters. The van der Waals surface area contributed by atoms with Crippen LogP contribution >= 0.6 is 0 Å². The van der Waals surface area contributed by atoms with Gasteiger partial charge in [0, 0.05) is 0 Å². The summed E-state index contributed by atoms with van der Waals surface area (Å²) in [7, 11) is 0. The van der Waals surface area contributed by atoms with E-state index in [0.29, 0.717) is 12.0 Å². The number of carbonyl (C=O) groups excluding carboxylic acids is 3. The molecule has 0 bridgehead atoms. The Balaban J connectivity index is 1.52. The minimum atomic E-state index is -5.14. The summed E-state index contributed by atoms with van der Waals surface area (Å²) < 4.78 is 53.9. The van der Waals surface area contributed by atoms with Crippen molar-refractivity contribution < 1.29 is 41.8 Å². The van der Waals surface area contributed by atoms with E-state index in [1.54, 1.807) is 19.1 Å². The van der Waals surface area contributed by atoms with Crippen molar-refractivity contribution in [1.82, 2.24) is 0 Å². The van der Waals surface area contributed by atoms with Gasteiger partial charge in [-0.05, 0) is 72.4 Å². The number of carbonyl (C=O) groups is 3. The molecule has 0 aliphatic carbocycles. The summed E-state index contributed by atoms with van der Waals surface area (Å²) in [5, 5.41) is 0. The van der Waals surface area contributed by atoms with Crippen LogP contribution in [0.4, 0.5) is 13.2 Å². The number of esters is 3. The highest BCUT2D eigenvalue weighted by molar-refractivity contribution is 5.93. The number of ether oxygens (including phenoxy) is 3.